The Labute approximate surface area is 225 Å². The quantitative estimate of drug-likeness (QED) is 0.345. The maximum Gasteiger partial charge on any atom is 0.221 e. The zero-order valence-electron chi connectivity index (χ0n) is 22.1. The first kappa shape index (κ1) is 27.1. The van der Waals surface area contributed by atoms with Gasteiger partial charge in [-0.2, -0.15) is 4.37 Å². The minimum Gasteiger partial charge on any atom is -0.497 e. The van der Waals surface area contributed by atoms with Gasteiger partial charge in [0.15, 0.2) is 0 Å². The number of carbonyl (C=O) groups is 1. The largest absolute Gasteiger partial charge is 0.497 e. The molecule has 0 saturated carbocycles. The number of methoxy groups -OCH3 is 1. The number of likely N-dealkylation sites (tertiary alicyclic amines) is 1. The summed E-state index contributed by atoms with van der Waals surface area (Å²) in [4.78, 5) is 22.3. The van der Waals surface area contributed by atoms with Crippen LogP contribution in [0.3, 0.4) is 0 Å². The van der Waals surface area contributed by atoms with Gasteiger partial charge in [0.25, 0.3) is 0 Å². The highest BCUT2D eigenvalue weighted by Gasteiger charge is 2.21. The second kappa shape index (κ2) is 14.1. The number of amides is 1. The molecule has 1 aromatic heterocycles. The predicted octanol–water partition coefficient (Wildman–Crippen LogP) is 4.91. The summed E-state index contributed by atoms with van der Waals surface area (Å²) in [6.45, 7) is 6.74. The van der Waals surface area contributed by atoms with Crippen molar-refractivity contribution in [2.45, 2.75) is 58.0 Å². The van der Waals surface area contributed by atoms with E-state index in [0.29, 0.717) is 19.4 Å². The van der Waals surface area contributed by atoms with Gasteiger partial charge in [-0.15, -0.1) is 0 Å². The van der Waals surface area contributed by atoms with Crippen molar-refractivity contribution < 1.29 is 9.53 Å². The van der Waals surface area contributed by atoms with Gasteiger partial charge in [-0.25, -0.2) is 4.98 Å². The van der Waals surface area contributed by atoms with Crippen molar-refractivity contribution in [2.75, 3.05) is 38.2 Å². The van der Waals surface area contributed by atoms with E-state index in [2.05, 4.69) is 62.8 Å². The van der Waals surface area contributed by atoms with Crippen LogP contribution in [-0.2, 0) is 17.8 Å². The van der Waals surface area contributed by atoms with E-state index in [4.69, 9.17) is 9.72 Å². The first-order chi connectivity index (χ1) is 18.1. The Kier molecular flexibility index (Phi) is 10.3. The predicted molar refractivity (Wildman–Crippen MR) is 150 cm³/mol. The third kappa shape index (κ3) is 8.54. The molecule has 1 N–H and O–H groups in total. The number of hydrogen-bond donors (Lipinski definition) is 1. The zero-order valence-corrected chi connectivity index (χ0v) is 22.9. The fraction of sp³-hybridized carbons (Fsp3) is 0.483. The molecule has 0 spiro atoms. The fourth-order valence-corrected chi connectivity index (χ4v) is 5.41. The van der Waals surface area contributed by atoms with Crippen LogP contribution in [0.1, 0.15) is 56.0 Å². The lowest BCUT2D eigenvalue weighted by Crippen LogP contribution is -2.45. The molecule has 0 unspecified atom stereocenters. The van der Waals surface area contributed by atoms with Gasteiger partial charge in [-0.1, -0.05) is 55.8 Å². The molecule has 1 aliphatic rings. The van der Waals surface area contributed by atoms with Crippen LogP contribution in [0.2, 0.25) is 0 Å². The molecule has 2 heterocycles. The lowest BCUT2D eigenvalue weighted by Gasteiger charge is -2.32. The molecule has 0 atom stereocenters. The smallest absolute Gasteiger partial charge is 0.221 e. The van der Waals surface area contributed by atoms with Gasteiger partial charge in [-0.3, -0.25) is 9.69 Å². The molecular weight excluding hydrogens is 482 g/mol. The molecule has 3 aromatic rings. The third-order valence-electron chi connectivity index (χ3n) is 6.82. The van der Waals surface area contributed by atoms with Gasteiger partial charge in [-0.05, 0) is 42.5 Å². The van der Waals surface area contributed by atoms with Gasteiger partial charge in [0.1, 0.15) is 11.6 Å². The van der Waals surface area contributed by atoms with E-state index in [9.17, 15) is 4.79 Å². The number of rotatable bonds is 13. The van der Waals surface area contributed by atoms with Crippen LogP contribution < -0.4 is 15.0 Å². The van der Waals surface area contributed by atoms with Crippen LogP contribution in [0.15, 0.2) is 54.6 Å². The average Bonchev–Trinajstić information content (AvgIpc) is 3.38. The molecule has 8 heteroatoms. The van der Waals surface area contributed by atoms with E-state index in [0.717, 1.165) is 74.1 Å². The summed E-state index contributed by atoms with van der Waals surface area (Å²) >= 11 is 1.42. The minimum atomic E-state index is 0.129. The van der Waals surface area contributed by atoms with Crippen molar-refractivity contribution in [1.29, 1.82) is 0 Å². The fourth-order valence-electron chi connectivity index (χ4n) is 4.68. The van der Waals surface area contributed by atoms with E-state index in [1.165, 1.54) is 17.1 Å². The van der Waals surface area contributed by atoms with E-state index in [1.54, 1.807) is 7.11 Å². The minimum absolute atomic E-state index is 0.129. The number of piperidine rings is 1. The Morgan fingerprint density at radius 2 is 1.89 bits per heavy atom. The number of hydrogen-bond acceptors (Lipinski definition) is 7. The first-order valence-corrected chi connectivity index (χ1v) is 14.2. The van der Waals surface area contributed by atoms with Crippen LogP contribution in [0.25, 0.3) is 0 Å². The van der Waals surface area contributed by atoms with Crippen molar-refractivity contribution in [3.63, 3.8) is 0 Å². The normalized spacial score (nSPS) is 14.4. The highest BCUT2D eigenvalue weighted by atomic mass is 32.1. The number of unbranched alkanes of at least 4 members (excludes halogenated alkanes) is 1. The van der Waals surface area contributed by atoms with Gasteiger partial charge >= 0.3 is 0 Å². The number of aromatic nitrogens is 2. The molecule has 0 aliphatic carbocycles. The van der Waals surface area contributed by atoms with Crippen LogP contribution in [0, 0.1) is 0 Å². The maximum atomic E-state index is 12.8. The first-order valence-electron chi connectivity index (χ1n) is 13.4. The van der Waals surface area contributed by atoms with Crippen LogP contribution in [0.4, 0.5) is 5.13 Å². The SMILES string of the molecule is CCCCN(CCC(=O)NC1CCN(Cc2ccccc2)CC1)c1nc(Cc2cccc(OC)c2)ns1. The third-order valence-corrected chi connectivity index (χ3v) is 7.63. The van der Waals surface area contributed by atoms with E-state index in [-0.39, 0.29) is 11.9 Å². The molecular formula is C29H39N5O2S. The monoisotopic (exact) mass is 521 g/mol. The summed E-state index contributed by atoms with van der Waals surface area (Å²) < 4.78 is 9.93. The van der Waals surface area contributed by atoms with Gasteiger partial charge in [0.05, 0.1) is 7.11 Å². The van der Waals surface area contributed by atoms with E-state index in [1.807, 2.05) is 18.2 Å². The molecule has 0 radical (unpaired) electrons. The number of carbonyl (C=O) groups excluding carboxylic acids is 1. The van der Waals surface area contributed by atoms with Gasteiger partial charge < -0.3 is 15.0 Å². The van der Waals surface area contributed by atoms with Crippen molar-refractivity contribution in [2.24, 2.45) is 0 Å². The van der Waals surface area contributed by atoms with Crippen LogP contribution in [0.5, 0.6) is 5.75 Å². The Hall–Kier alpha value is -2.97. The number of ether oxygens (including phenoxy) is 1. The highest BCUT2D eigenvalue weighted by molar-refractivity contribution is 7.09. The summed E-state index contributed by atoms with van der Waals surface area (Å²) in [6.07, 6.45) is 5.30. The molecule has 4 rings (SSSR count). The molecule has 0 bridgehead atoms. The molecule has 7 nitrogen and oxygen atoms in total. The van der Waals surface area contributed by atoms with Crippen LogP contribution >= 0.6 is 11.5 Å². The van der Waals surface area contributed by atoms with E-state index < -0.39 is 0 Å². The second-order valence-electron chi connectivity index (χ2n) is 9.72. The average molecular weight is 522 g/mol. The van der Waals surface area contributed by atoms with Gasteiger partial charge in [0.2, 0.25) is 11.0 Å². The molecule has 1 saturated heterocycles. The number of nitrogens with one attached hydrogen (secondary N) is 1. The molecule has 1 amide bonds. The Bertz CT molecular complexity index is 1100. The Morgan fingerprint density at radius 1 is 1.11 bits per heavy atom. The molecule has 1 fully saturated rings. The summed E-state index contributed by atoms with van der Waals surface area (Å²) in [5.74, 6) is 1.77. The van der Waals surface area contributed by atoms with Crippen molar-refractivity contribution >= 4 is 22.6 Å². The summed E-state index contributed by atoms with van der Waals surface area (Å²) in [5, 5.41) is 4.17. The molecule has 37 heavy (non-hydrogen) atoms. The number of nitrogens with zero attached hydrogens (tertiary/aromatic N) is 4. The summed E-state index contributed by atoms with van der Waals surface area (Å²) in [6, 6.07) is 18.9. The summed E-state index contributed by atoms with van der Waals surface area (Å²) in [5.41, 5.74) is 2.47. The maximum absolute atomic E-state index is 12.8. The molecule has 1 aliphatic heterocycles. The summed E-state index contributed by atoms with van der Waals surface area (Å²) in [7, 11) is 1.68. The molecule has 198 valence electrons. The second-order valence-corrected chi connectivity index (χ2v) is 10.4. The van der Waals surface area contributed by atoms with Crippen molar-refractivity contribution in [3.05, 3.63) is 71.5 Å². The lowest BCUT2D eigenvalue weighted by molar-refractivity contribution is -0.121. The topological polar surface area (TPSA) is 70.6 Å². The van der Waals surface area contributed by atoms with Crippen LogP contribution in [-0.4, -0.2) is 59.5 Å². The highest BCUT2D eigenvalue weighted by Crippen LogP contribution is 2.22. The van der Waals surface area contributed by atoms with Crippen molar-refractivity contribution in [1.82, 2.24) is 19.6 Å². The lowest BCUT2D eigenvalue weighted by atomic mass is 10.0. The van der Waals surface area contributed by atoms with Crippen molar-refractivity contribution in [3.8, 4) is 5.75 Å². The Balaban J connectivity index is 1.24. The number of benzene rings is 2. The molecule has 2 aromatic carbocycles. The zero-order chi connectivity index (χ0) is 25.9. The number of anilines is 1. The van der Waals surface area contributed by atoms with Gasteiger partial charge in [0, 0.05) is 63.1 Å². The van der Waals surface area contributed by atoms with E-state index >= 15 is 0 Å². The standard InChI is InChI=1S/C29H39N5O2S/c1-3-4-16-34(29-31-27(32-37-29)21-24-11-8-12-26(20-24)36-2)19-15-28(35)30-25-13-17-33(18-14-25)22-23-9-6-5-7-10-23/h5-12,20,25H,3-4,13-19,21-22H2,1-2H3,(H,30,35). The Morgan fingerprint density at radius 3 is 2.65 bits per heavy atom.